The summed E-state index contributed by atoms with van der Waals surface area (Å²) in [5.41, 5.74) is 3.81. The fourth-order valence-corrected chi connectivity index (χ4v) is 3.45. The number of rotatable bonds is 3. The number of carbonyl (C=O) groups is 1. The molecule has 0 radical (unpaired) electrons. The van der Waals surface area contributed by atoms with Gasteiger partial charge < -0.3 is 10.2 Å². The number of anilines is 2. The van der Waals surface area contributed by atoms with Crippen LogP contribution in [-0.4, -0.2) is 23.9 Å². The van der Waals surface area contributed by atoms with Crippen molar-refractivity contribution in [3.05, 3.63) is 63.7 Å². The number of carbonyl (C=O) groups excluding carboxylic acids is 1. The summed E-state index contributed by atoms with van der Waals surface area (Å²) in [6, 6.07) is 12.3. The molecule has 0 spiro atoms. The smallest absolute Gasteiger partial charge is 0.270 e. The number of nitrogens with zero attached hydrogens (tertiary/aromatic N) is 2. The lowest BCUT2D eigenvalue weighted by Gasteiger charge is -2.20. The monoisotopic (exact) mass is 335 g/mol. The molecule has 2 aromatic rings. The van der Waals surface area contributed by atoms with Crippen LogP contribution < -0.4 is 10.2 Å². The second-order valence-electron chi connectivity index (χ2n) is 6.25. The summed E-state index contributed by atoms with van der Waals surface area (Å²) in [5.74, 6) is -0.180. The Morgan fingerprint density at radius 3 is 2.64 bits per heavy atom. The molecule has 2 aromatic carbocycles. The van der Waals surface area contributed by atoms with E-state index in [1.54, 1.807) is 18.2 Å². The third kappa shape index (κ3) is 2.76. The van der Waals surface area contributed by atoms with Gasteiger partial charge in [0.2, 0.25) is 0 Å². The first-order chi connectivity index (χ1) is 12.1. The SMILES string of the molecule is O=C1Nc2ccccc2/C1=C/c1cc([N+](=O)[O-])ccc1N1CCCC1. The largest absolute Gasteiger partial charge is 0.371 e. The van der Waals surface area contributed by atoms with Crippen LogP contribution in [0.2, 0.25) is 0 Å². The van der Waals surface area contributed by atoms with Crippen molar-refractivity contribution in [1.82, 2.24) is 0 Å². The van der Waals surface area contributed by atoms with Crippen LogP contribution in [0.15, 0.2) is 42.5 Å². The Bertz CT molecular complexity index is 899. The van der Waals surface area contributed by atoms with E-state index in [0.717, 1.165) is 42.9 Å². The normalized spacial score (nSPS) is 17.7. The highest BCUT2D eigenvalue weighted by atomic mass is 16.6. The lowest BCUT2D eigenvalue weighted by Crippen LogP contribution is -2.18. The highest BCUT2D eigenvalue weighted by molar-refractivity contribution is 6.35. The first-order valence-corrected chi connectivity index (χ1v) is 8.29. The summed E-state index contributed by atoms with van der Waals surface area (Å²) in [5, 5.41) is 14.0. The van der Waals surface area contributed by atoms with Crippen molar-refractivity contribution in [2.75, 3.05) is 23.3 Å². The average Bonchev–Trinajstić information content (AvgIpc) is 3.24. The Labute approximate surface area is 144 Å². The van der Waals surface area contributed by atoms with Gasteiger partial charge in [-0.05, 0) is 31.1 Å². The minimum atomic E-state index is -0.404. The van der Waals surface area contributed by atoms with Crippen LogP contribution in [0.5, 0.6) is 0 Å². The molecule has 0 atom stereocenters. The number of para-hydroxylation sites is 1. The second-order valence-corrected chi connectivity index (χ2v) is 6.25. The zero-order valence-corrected chi connectivity index (χ0v) is 13.6. The Hall–Kier alpha value is -3.15. The molecule has 6 nitrogen and oxygen atoms in total. The summed E-state index contributed by atoms with van der Waals surface area (Å²) in [4.78, 5) is 25.4. The Morgan fingerprint density at radius 2 is 1.88 bits per heavy atom. The molecule has 126 valence electrons. The fourth-order valence-electron chi connectivity index (χ4n) is 3.45. The van der Waals surface area contributed by atoms with E-state index in [-0.39, 0.29) is 11.6 Å². The van der Waals surface area contributed by atoms with Crippen molar-refractivity contribution in [2.45, 2.75) is 12.8 Å². The zero-order chi connectivity index (χ0) is 17.4. The molecule has 0 bridgehead atoms. The molecule has 2 aliphatic heterocycles. The Balaban J connectivity index is 1.84. The first kappa shape index (κ1) is 15.4. The van der Waals surface area contributed by atoms with Crippen molar-refractivity contribution in [1.29, 1.82) is 0 Å². The predicted octanol–water partition coefficient (Wildman–Crippen LogP) is 3.69. The summed E-state index contributed by atoms with van der Waals surface area (Å²) < 4.78 is 0. The number of hydrogen-bond donors (Lipinski definition) is 1. The molecule has 2 aliphatic rings. The topological polar surface area (TPSA) is 75.5 Å². The van der Waals surface area contributed by atoms with Gasteiger partial charge in [-0.2, -0.15) is 0 Å². The van der Waals surface area contributed by atoms with Gasteiger partial charge >= 0.3 is 0 Å². The van der Waals surface area contributed by atoms with Gasteiger partial charge in [0, 0.05) is 53.3 Å². The lowest BCUT2D eigenvalue weighted by molar-refractivity contribution is -0.384. The molecule has 1 N–H and O–H groups in total. The van der Waals surface area contributed by atoms with E-state index >= 15 is 0 Å². The fraction of sp³-hybridized carbons (Fsp3) is 0.211. The van der Waals surface area contributed by atoms with E-state index in [2.05, 4.69) is 10.2 Å². The minimum absolute atomic E-state index is 0.0292. The van der Waals surface area contributed by atoms with E-state index in [9.17, 15) is 14.9 Å². The Kier molecular flexibility index (Phi) is 3.72. The maximum atomic E-state index is 12.4. The van der Waals surface area contributed by atoms with Gasteiger partial charge in [-0.25, -0.2) is 0 Å². The second kappa shape index (κ2) is 6.05. The van der Waals surface area contributed by atoms with E-state index in [1.807, 2.05) is 24.3 Å². The number of nitro benzene ring substituents is 1. The van der Waals surface area contributed by atoms with Crippen molar-refractivity contribution in [3.63, 3.8) is 0 Å². The number of nitrogens with one attached hydrogen (secondary N) is 1. The van der Waals surface area contributed by atoms with Crippen molar-refractivity contribution in [2.24, 2.45) is 0 Å². The van der Waals surface area contributed by atoms with Crippen LogP contribution in [0.1, 0.15) is 24.0 Å². The molecular weight excluding hydrogens is 318 g/mol. The summed E-state index contributed by atoms with van der Waals surface area (Å²) in [7, 11) is 0. The standard InChI is InChI=1S/C19H17N3O3/c23-19-16(15-5-1-2-6-17(15)20-19)12-13-11-14(22(24)25)7-8-18(13)21-9-3-4-10-21/h1-2,5-8,11-12H,3-4,9-10H2,(H,20,23)/b16-12-. The number of non-ortho nitro benzene ring substituents is 1. The lowest BCUT2D eigenvalue weighted by atomic mass is 10.0. The van der Waals surface area contributed by atoms with E-state index < -0.39 is 4.92 Å². The van der Waals surface area contributed by atoms with Gasteiger partial charge in [-0.1, -0.05) is 18.2 Å². The van der Waals surface area contributed by atoms with Crippen molar-refractivity contribution >= 4 is 34.6 Å². The van der Waals surface area contributed by atoms with Gasteiger partial charge in [0.1, 0.15) is 0 Å². The van der Waals surface area contributed by atoms with Crippen LogP contribution in [0.25, 0.3) is 11.6 Å². The van der Waals surface area contributed by atoms with Crippen LogP contribution in [-0.2, 0) is 4.79 Å². The summed E-state index contributed by atoms with van der Waals surface area (Å²) in [6.07, 6.45) is 3.98. The number of nitro groups is 1. The van der Waals surface area contributed by atoms with Crippen LogP contribution in [0.3, 0.4) is 0 Å². The van der Waals surface area contributed by atoms with E-state index in [0.29, 0.717) is 11.1 Å². The third-order valence-corrected chi connectivity index (χ3v) is 4.68. The summed E-state index contributed by atoms with van der Waals surface area (Å²) >= 11 is 0. The molecular formula is C19H17N3O3. The molecule has 1 fully saturated rings. The van der Waals surface area contributed by atoms with Crippen molar-refractivity contribution < 1.29 is 9.72 Å². The van der Waals surface area contributed by atoms with Crippen LogP contribution in [0.4, 0.5) is 17.1 Å². The molecule has 1 amide bonds. The van der Waals surface area contributed by atoms with Gasteiger partial charge in [0.15, 0.2) is 0 Å². The number of amides is 1. The Morgan fingerprint density at radius 1 is 1.12 bits per heavy atom. The van der Waals surface area contributed by atoms with E-state index in [4.69, 9.17) is 0 Å². The molecule has 1 saturated heterocycles. The molecule has 4 rings (SSSR count). The third-order valence-electron chi connectivity index (χ3n) is 4.68. The zero-order valence-electron chi connectivity index (χ0n) is 13.6. The van der Waals surface area contributed by atoms with Crippen molar-refractivity contribution in [3.8, 4) is 0 Å². The number of fused-ring (bicyclic) bond motifs is 1. The highest BCUT2D eigenvalue weighted by Gasteiger charge is 2.25. The molecule has 6 heteroatoms. The maximum Gasteiger partial charge on any atom is 0.270 e. The summed E-state index contributed by atoms with van der Waals surface area (Å²) in [6.45, 7) is 1.85. The molecule has 0 aliphatic carbocycles. The average molecular weight is 335 g/mol. The highest BCUT2D eigenvalue weighted by Crippen LogP contribution is 2.36. The molecule has 25 heavy (non-hydrogen) atoms. The van der Waals surface area contributed by atoms with E-state index in [1.165, 1.54) is 6.07 Å². The number of benzene rings is 2. The molecule has 0 saturated carbocycles. The minimum Gasteiger partial charge on any atom is -0.371 e. The van der Waals surface area contributed by atoms with Gasteiger partial charge in [0.25, 0.3) is 11.6 Å². The number of hydrogen-bond acceptors (Lipinski definition) is 4. The van der Waals surface area contributed by atoms with Crippen LogP contribution in [0, 0.1) is 10.1 Å². The molecule has 0 aromatic heterocycles. The quantitative estimate of drug-likeness (QED) is 0.527. The van der Waals surface area contributed by atoms with Gasteiger partial charge in [0.05, 0.1) is 4.92 Å². The first-order valence-electron chi connectivity index (χ1n) is 8.29. The maximum absolute atomic E-state index is 12.4. The predicted molar refractivity (Wildman–Crippen MR) is 97.5 cm³/mol. The molecule has 2 heterocycles. The van der Waals surface area contributed by atoms with Gasteiger partial charge in [-0.15, -0.1) is 0 Å². The van der Waals surface area contributed by atoms with Gasteiger partial charge in [-0.3, -0.25) is 14.9 Å². The van der Waals surface area contributed by atoms with Crippen LogP contribution >= 0.6 is 0 Å². The molecule has 0 unspecified atom stereocenters.